The molecule has 0 saturated heterocycles. The van der Waals surface area contributed by atoms with Crippen LogP contribution >= 0.6 is 0 Å². The van der Waals surface area contributed by atoms with Gasteiger partial charge in [0.1, 0.15) is 5.82 Å². The predicted molar refractivity (Wildman–Crippen MR) is 95.5 cm³/mol. The van der Waals surface area contributed by atoms with Crippen molar-refractivity contribution in [3.63, 3.8) is 0 Å². The van der Waals surface area contributed by atoms with Crippen LogP contribution in [0.15, 0.2) is 60.8 Å². The third kappa shape index (κ3) is 3.60. The van der Waals surface area contributed by atoms with E-state index in [0.717, 1.165) is 23.2 Å². The number of halogens is 1. The highest BCUT2D eigenvalue weighted by Gasteiger charge is 2.19. The maximum atomic E-state index is 13.2. The number of aryl methyl sites for hydroxylation is 1. The van der Waals surface area contributed by atoms with Crippen LogP contribution in [0.25, 0.3) is 11.1 Å². The Labute approximate surface area is 146 Å². The molecular weight excluding hydrogens is 317 g/mol. The monoisotopic (exact) mass is 337 g/mol. The second kappa shape index (κ2) is 7.30. The van der Waals surface area contributed by atoms with Crippen molar-refractivity contribution in [2.75, 3.05) is 0 Å². The number of rotatable bonds is 5. The largest absolute Gasteiger partial charge is 0.344 e. The molecule has 1 heterocycles. The lowest BCUT2D eigenvalue weighted by Gasteiger charge is -2.18. The zero-order valence-electron chi connectivity index (χ0n) is 14.2. The van der Waals surface area contributed by atoms with Crippen LogP contribution in [-0.4, -0.2) is 15.7 Å². The lowest BCUT2D eigenvalue weighted by molar-refractivity contribution is 0.0934. The lowest BCUT2D eigenvalue weighted by atomic mass is 9.98. The number of benzene rings is 2. The number of carbonyl (C=O) groups is 1. The van der Waals surface area contributed by atoms with E-state index in [4.69, 9.17) is 0 Å². The van der Waals surface area contributed by atoms with E-state index < -0.39 is 0 Å². The Morgan fingerprint density at radius 2 is 1.88 bits per heavy atom. The van der Waals surface area contributed by atoms with E-state index in [0.29, 0.717) is 5.56 Å². The van der Waals surface area contributed by atoms with Crippen LogP contribution in [0.5, 0.6) is 0 Å². The first-order valence-electron chi connectivity index (χ1n) is 8.24. The Kier molecular flexibility index (Phi) is 4.93. The number of nitrogens with zero attached hydrogens (tertiary/aromatic N) is 2. The van der Waals surface area contributed by atoms with E-state index in [1.807, 2.05) is 38.2 Å². The molecule has 128 valence electrons. The summed E-state index contributed by atoms with van der Waals surface area (Å²) in [4.78, 5) is 12.9. The van der Waals surface area contributed by atoms with E-state index in [9.17, 15) is 9.18 Å². The third-order valence-corrected chi connectivity index (χ3v) is 4.26. The van der Waals surface area contributed by atoms with Gasteiger partial charge < -0.3 is 5.32 Å². The summed E-state index contributed by atoms with van der Waals surface area (Å²) in [5.41, 5.74) is 3.10. The van der Waals surface area contributed by atoms with Crippen LogP contribution in [-0.2, 0) is 7.05 Å². The van der Waals surface area contributed by atoms with Crippen molar-refractivity contribution in [2.24, 2.45) is 7.05 Å². The topological polar surface area (TPSA) is 46.9 Å². The molecule has 3 rings (SSSR count). The Hall–Kier alpha value is -2.95. The molecule has 1 atom stereocenters. The summed E-state index contributed by atoms with van der Waals surface area (Å²) in [7, 11) is 1.86. The van der Waals surface area contributed by atoms with Gasteiger partial charge in [-0.2, -0.15) is 5.10 Å². The van der Waals surface area contributed by atoms with Crippen LogP contribution in [0.3, 0.4) is 0 Å². The molecule has 2 aromatic carbocycles. The predicted octanol–water partition coefficient (Wildman–Crippen LogP) is 4.11. The number of carbonyl (C=O) groups excluding carboxylic acids is 1. The number of amides is 1. The first kappa shape index (κ1) is 16.9. The molecule has 0 bridgehead atoms. The minimum Gasteiger partial charge on any atom is -0.344 e. The molecule has 0 spiro atoms. The molecule has 4 nitrogen and oxygen atoms in total. The molecule has 1 aromatic heterocycles. The fourth-order valence-electron chi connectivity index (χ4n) is 2.91. The Morgan fingerprint density at radius 3 is 2.52 bits per heavy atom. The van der Waals surface area contributed by atoms with E-state index in [-0.39, 0.29) is 17.8 Å². The maximum absolute atomic E-state index is 13.2. The van der Waals surface area contributed by atoms with Crippen molar-refractivity contribution in [1.29, 1.82) is 0 Å². The minimum absolute atomic E-state index is 0.124. The standard InChI is InChI=1S/C20H20FN3O/c1-3-18(19-12-13-22-24(19)2)23-20(25)17-7-5-4-6-16(17)14-8-10-15(21)11-9-14/h4-13,18H,3H2,1-2H3,(H,23,25)/t18-/m0/s1. The molecule has 1 N–H and O–H groups in total. The highest BCUT2D eigenvalue weighted by atomic mass is 19.1. The summed E-state index contributed by atoms with van der Waals surface area (Å²) in [6.45, 7) is 2.02. The third-order valence-electron chi connectivity index (χ3n) is 4.26. The number of hydrogen-bond acceptors (Lipinski definition) is 2. The fraction of sp³-hybridized carbons (Fsp3) is 0.200. The number of hydrogen-bond donors (Lipinski definition) is 1. The van der Waals surface area contributed by atoms with Gasteiger partial charge in [0.15, 0.2) is 0 Å². The van der Waals surface area contributed by atoms with Gasteiger partial charge in [0.05, 0.1) is 11.7 Å². The fourth-order valence-corrected chi connectivity index (χ4v) is 2.91. The molecule has 0 fully saturated rings. The van der Waals surface area contributed by atoms with Crippen LogP contribution in [0, 0.1) is 5.82 Å². The highest BCUT2D eigenvalue weighted by Crippen LogP contribution is 2.25. The van der Waals surface area contributed by atoms with Gasteiger partial charge in [-0.3, -0.25) is 9.48 Å². The average molecular weight is 337 g/mol. The maximum Gasteiger partial charge on any atom is 0.252 e. The Bertz CT molecular complexity index is 871. The van der Waals surface area contributed by atoms with Crippen LogP contribution in [0.1, 0.15) is 35.4 Å². The van der Waals surface area contributed by atoms with E-state index >= 15 is 0 Å². The van der Waals surface area contributed by atoms with Gasteiger partial charge in [0.25, 0.3) is 5.91 Å². The van der Waals surface area contributed by atoms with Gasteiger partial charge in [-0.1, -0.05) is 37.3 Å². The number of aromatic nitrogens is 2. The molecule has 25 heavy (non-hydrogen) atoms. The zero-order chi connectivity index (χ0) is 17.8. The lowest BCUT2D eigenvalue weighted by Crippen LogP contribution is -2.29. The van der Waals surface area contributed by atoms with Gasteiger partial charge in [-0.05, 0) is 41.8 Å². The van der Waals surface area contributed by atoms with Crippen LogP contribution in [0.2, 0.25) is 0 Å². The minimum atomic E-state index is -0.298. The van der Waals surface area contributed by atoms with Crippen molar-refractivity contribution in [3.8, 4) is 11.1 Å². The normalized spacial score (nSPS) is 12.0. The van der Waals surface area contributed by atoms with Gasteiger partial charge in [0.2, 0.25) is 0 Å². The van der Waals surface area contributed by atoms with Crippen LogP contribution < -0.4 is 5.32 Å². The van der Waals surface area contributed by atoms with Crippen molar-refractivity contribution < 1.29 is 9.18 Å². The zero-order valence-corrected chi connectivity index (χ0v) is 14.2. The van der Waals surface area contributed by atoms with Crippen molar-refractivity contribution in [1.82, 2.24) is 15.1 Å². The summed E-state index contributed by atoms with van der Waals surface area (Å²) >= 11 is 0. The summed E-state index contributed by atoms with van der Waals surface area (Å²) in [6.07, 6.45) is 2.47. The smallest absolute Gasteiger partial charge is 0.252 e. The molecule has 0 radical (unpaired) electrons. The highest BCUT2D eigenvalue weighted by molar-refractivity contribution is 6.01. The molecule has 0 aliphatic carbocycles. The molecule has 0 aliphatic heterocycles. The van der Waals surface area contributed by atoms with E-state index in [2.05, 4.69) is 10.4 Å². The molecular formula is C20H20FN3O. The Balaban J connectivity index is 1.90. The molecule has 1 amide bonds. The van der Waals surface area contributed by atoms with Gasteiger partial charge in [0, 0.05) is 18.8 Å². The Morgan fingerprint density at radius 1 is 1.16 bits per heavy atom. The van der Waals surface area contributed by atoms with Gasteiger partial charge in [-0.25, -0.2) is 4.39 Å². The van der Waals surface area contributed by atoms with Crippen molar-refractivity contribution in [3.05, 3.63) is 77.9 Å². The van der Waals surface area contributed by atoms with Crippen molar-refractivity contribution >= 4 is 5.91 Å². The molecule has 3 aromatic rings. The molecule has 0 unspecified atom stereocenters. The first-order chi connectivity index (χ1) is 12.1. The first-order valence-corrected chi connectivity index (χ1v) is 8.24. The molecule has 0 aliphatic rings. The molecule has 0 saturated carbocycles. The summed E-state index contributed by atoms with van der Waals surface area (Å²) in [6, 6.07) is 15.3. The summed E-state index contributed by atoms with van der Waals surface area (Å²) in [5, 5.41) is 7.24. The van der Waals surface area contributed by atoms with Gasteiger partial charge in [-0.15, -0.1) is 0 Å². The second-order valence-corrected chi connectivity index (χ2v) is 5.87. The second-order valence-electron chi connectivity index (χ2n) is 5.87. The van der Waals surface area contributed by atoms with E-state index in [1.54, 1.807) is 29.1 Å². The SMILES string of the molecule is CC[C@H](NC(=O)c1ccccc1-c1ccc(F)cc1)c1ccnn1C. The van der Waals surface area contributed by atoms with Gasteiger partial charge >= 0.3 is 0 Å². The van der Waals surface area contributed by atoms with Crippen LogP contribution in [0.4, 0.5) is 4.39 Å². The quantitative estimate of drug-likeness (QED) is 0.762. The summed E-state index contributed by atoms with van der Waals surface area (Å²) < 4.78 is 15.0. The van der Waals surface area contributed by atoms with Crippen molar-refractivity contribution in [2.45, 2.75) is 19.4 Å². The molecule has 5 heteroatoms. The number of nitrogens with one attached hydrogen (secondary N) is 1. The van der Waals surface area contributed by atoms with E-state index in [1.165, 1.54) is 12.1 Å². The summed E-state index contributed by atoms with van der Waals surface area (Å²) in [5.74, 6) is -0.457. The average Bonchev–Trinajstić information content (AvgIpc) is 3.06.